The molecule has 0 radical (unpaired) electrons. The van der Waals surface area contributed by atoms with Gasteiger partial charge in [-0.15, -0.1) is 0 Å². The van der Waals surface area contributed by atoms with Crippen LogP contribution in [0.3, 0.4) is 0 Å². The molecule has 7 heteroatoms. The van der Waals surface area contributed by atoms with E-state index in [0.29, 0.717) is 12.0 Å². The van der Waals surface area contributed by atoms with E-state index in [1.54, 1.807) is 17.0 Å². The van der Waals surface area contributed by atoms with Gasteiger partial charge in [-0.2, -0.15) is 0 Å². The molecule has 30 heavy (non-hydrogen) atoms. The molecule has 5 rings (SSSR count). The van der Waals surface area contributed by atoms with Crippen LogP contribution in [0.15, 0.2) is 42.1 Å². The van der Waals surface area contributed by atoms with E-state index in [4.69, 9.17) is 14.2 Å². The first kappa shape index (κ1) is 20.8. The van der Waals surface area contributed by atoms with Crippen molar-refractivity contribution in [1.29, 1.82) is 0 Å². The average Bonchev–Trinajstić information content (AvgIpc) is 3.04. The number of rotatable bonds is 4. The van der Waals surface area contributed by atoms with Gasteiger partial charge in [0.1, 0.15) is 0 Å². The van der Waals surface area contributed by atoms with Crippen LogP contribution >= 0.6 is 0 Å². The van der Waals surface area contributed by atoms with Crippen molar-refractivity contribution in [2.45, 2.75) is 32.1 Å². The molecule has 3 aliphatic carbocycles. The van der Waals surface area contributed by atoms with E-state index in [1.165, 1.54) is 21.3 Å². The maximum absolute atomic E-state index is 13.5. The summed E-state index contributed by atoms with van der Waals surface area (Å²) in [5.41, 5.74) is 0.673. The van der Waals surface area contributed by atoms with E-state index in [0.717, 1.165) is 5.70 Å². The first-order chi connectivity index (χ1) is 14.3. The van der Waals surface area contributed by atoms with Crippen molar-refractivity contribution in [1.82, 2.24) is 4.90 Å². The Balaban J connectivity index is 1.89. The van der Waals surface area contributed by atoms with Gasteiger partial charge in [0, 0.05) is 36.8 Å². The topological polar surface area (TPSA) is 82.1 Å². The number of ether oxygens (including phenoxy) is 3. The molecule has 5 atom stereocenters. The number of hydrogen-bond donors (Lipinski definition) is 0. The smallest absolute Gasteiger partial charge is 0.309 e. The molecular weight excluding hydrogens is 386 g/mol. The molecule has 1 heterocycles. The molecule has 0 saturated heterocycles. The van der Waals surface area contributed by atoms with Crippen LogP contribution in [0.4, 0.5) is 0 Å². The maximum atomic E-state index is 13.5. The zero-order chi connectivity index (χ0) is 21.8. The summed E-state index contributed by atoms with van der Waals surface area (Å²) in [5, 5.41) is 0. The fourth-order valence-corrected chi connectivity index (χ4v) is 6.06. The lowest BCUT2D eigenvalue weighted by atomic mass is 9.48. The van der Waals surface area contributed by atoms with E-state index >= 15 is 0 Å². The Labute approximate surface area is 176 Å². The molecule has 1 unspecified atom stereocenters. The first-order valence-electron chi connectivity index (χ1n) is 10.1. The molecule has 7 nitrogen and oxygen atoms in total. The summed E-state index contributed by atoms with van der Waals surface area (Å²) in [6, 6.07) is 8.51. The highest BCUT2D eigenvalue weighted by Gasteiger charge is 2.74. The van der Waals surface area contributed by atoms with Gasteiger partial charge < -0.3 is 19.1 Å². The van der Waals surface area contributed by atoms with Crippen molar-refractivity contribution in [3.8, 4) is 0 Å². The highest BCUT2D eigenvalue weighted by Crippen LogP contribution is 2.63. The van der Waals surface area contributed by atoms with Gasteiger partial charge in [0.2, 0.25) is 5.79 Å². The third kappa shape index (κ3) is 2.48. The standard InChI is InChI=1S/C23H27NO6/c1-13-12-22(2)16-11-15(21(27)28-3)17(23(29-4,30-5)19(16)25)18(22)24(13)20(26)14-9-7-6-8-10-14/h6-10,12,15-18H,11H2,1-5H3/t15?,16-,17-,18+,22-/m1/s1. The van der Waals surface area contributed by atoms with Crippen LogP contribution in [0, 0.1) is 23.2 Å². The Morgan fingerprint density at radius 2 is 1.73 bits per heavy atom. The van der Waals surface area contributed by atoms with Crippen molar-refractivity contribution in [2.75, 3.05) is 21.3 Å². The second kappa shape index (κ2) is 7.03. The number of ketones is 1. The summed E-state index contributed by atoms with van der Waals surface area (Å²) in [6.07, 6.45) is 2.34. The van der Waals surface area contributed by atoms with Crippen molar-refractivity contribution in [3.63, 3.8) is 0 Å². The Hall–Kier alpha value is -2.51. The minimum atomic E-state index is -1.61. The van der Waals surface area contributed by atoms with Crippen LogP contribution in [0.5, 0.6) is 0 Å². The second-order valence-electron chi connectivity index (χ2n) is 8.52. The van der Waals surface area contributed by atoms with Gasteiger partial charge in [-0.05, 0) is 25.5 Å². The molecule has 0 aromatic heterocycles. The molecule has 0 spiro atoms. The van der Waals surface area contributed by atoms with Gasteiger partial charge in [-0.25, -0.2) is 0 Å². The quantitative estimate of drug-likeness (QED) is 0.557. The number of hydrogen-bond acceptors (Lipinski definition) is 6. The summed E-state index contributed by atoms with van der Waals surface area (Å²) < 4.78 is 16.4. The second-order valence-corrected chi connectivity index (χ2v) is 8.52. The van der Waals surface area contributed by atoms with Crippen LogP contribution in [0.2, 0.25) is 0 Å². The number of carbonyl (C=O) groups is 3. The molecule has 1 aromatic rings. The molecule has 3 fully saturated rings. The molecule has 4 aliphatic rings. The van der Waals surface area contributed by atoms with Crippen LogP contribution in [-0.4, -0.2) is 55.7 Å². The lowest BCUT2D eigenvalue weighted by Crippen LogP contribution is -2.74. The lowest BCUT2D eigenvalue weighted by Gasteiger charge is -2.61. The summed E-state index contributed by atoms with van der Waals surface area (Å²) in [7, 11) is 4.15. The minimum Gasteiger partial charge on any atom is -0.469 e. The van der Waals surface area contributed by atoms with Gasteiger partial charge in [0.15, 0.2) is 5.78 Å². The number of Topliss-reactive ketones (excluding diaryl/α,β-unsaturated/α-hetero) is 1. The molecular formula is C23H27NO6. The number of carbonyl (C=O) groups excluding carboxylic acids is 3. The van der Waals surface area contributed by atoms with E-state index in [2.05, 4.69) is 0 Å². The third-order valence-electron chi connectivity index (χ3n) is 7.28. The monoisotopic (exact) mass is 413 g/mol. The number of benzene rings is 1. The van der Waals surface area contributed by atoms with Crippen molar-refractivity contribution in [3.05, 3.63) is 47.7 Å². The van der Waals surface area contributed by atoms with Crippen molar-refractivity contribution in [2.24, 2.45) is 23.2 Å². The van der Waals surface area contributed by atoms with Gasteiger partial charge >= 0.3 is 5.97 Å². The molecule has 0 N–H and O–H groups in total. The Morgan fingerprint density at radius 1 is 1.10 bits per heavy atom. The van der Waals surface area contributed by atoms with Gasteiger partial charge in [-0.1, -0.05) is 31.2 Å². The summed E-state index contributed by atoms with van der Waals surface area (Å²) in [6.45, 7) is 3.85. The number of fused-ring (bicyclic) bond motifs is 2. The van der Waals surface area contributed by atoms with Crippen molar-refractivity contribution >= 4 is 17.7 Å². The highest BCUT2D eigenvalue weighted by atomic mass is 16.7. The van der Waals surface area contributed by atoms with E-state index in [-0.39, 0.29) is 11.7 Å². The largest absolute Gasteiger partial charge is 0.469 e. The average molecular weight is 413 g/mol. The zero-order valence-corrected chi connectivity index (χ0v) is 17.9. The summed E-state index contributed by atoms with van der Waals surface area (Å²) >= 11 is 0. The van der Waals surface area contributed by atoms with Crippen LogP contribution in [-0.2, 0) is 23.8 Å². The van der Waals surface area contributed by atoms with Crippen LogP contribution in [0.25, 0.3) is 0 Å². The molecule has 1 aliphatic heterocycles. The third-order valence-corrected chi connectivity index (χ3v) is 7.28. The highest BCUT2D eigenvalue weighted by molar-refractivity contribution is 5.98. The number of methoxy groups -OCH3 is 3. The minimum absolute atomic E-state index is 0.178. The number of nitrogens with zero attached hydrogens (tertiary/aromatic N) is 1. The van der Waals surface area contributed by atoms with Gasteiger partial charge in [0.05, 0.1) is 25.0 Å². The first-order valence-corrected chi connectivity index (χ1v) is 10.1. The Bertz CT molecular complexity index is 921. The summed E-state index contributed by atoms with van der Waals surface area (Å²) in [4.78, 5) is 41.5. The van der Waals surface area contributed by atoms with Crippen LogP contribution in [0.1, 0.15) is 30.6 Å². The molecule has 1 amide bonds. The number of allylic oxidation sites excluding steroid dienone is 1. The van der Waals surface area contributed by atoms with E-state index in [9.17, 15) is 14.4 Å². The Morgan fingerprint density at radius 3 is 2.30 bits per heavy atom. The fourth-order valence-electron chi connectivity index (χ4n) is 6.06. The number of esters is 1. The predicted octanol–water partition coefficient (Wildman–Crippen LogP) is 2.42. The SMILES string of the molecule is COC(=O)C1C[C@@H]2C(=O)C(OC)(OC)[C@H]1[C@@H]1N(C(=O)c3ccccc3)C(C)=C[C@]21C. The van der Waals surface area contributed by atoms with Gasteiger partial charge in [-0.3, -0.25) is 14.4 Å². The maximum Gasteiger partial charge on any atom is 0.309 e. The normalized spacial score (nSPS) is 33.8. The number of amides is 1. The fraction of sp³-hybridized carbons (Fsp3) is 0.522. The van der Waals surface area contributed by atoms with E-state index in [1.807, 2.05) is 38.1 Å². The van der Waals surface area contributed by atoms with E-state index < -0.39 is 41.0 Å². The molecule has 1 aromatic carbocycles. The molecule has 160 valence electrons. The van der Waals surface area contributed by atoms with Gasteiger partial charge in [0.25, 0.3) is 5.91 Å². The summed E-state index contributed by atoms with van der Waals surface area (Å²) in [5.74, 6) is -4.27. The lowest BCUT2D eigenvalue weighted by molar-refractivity contribution is -0.283. The van der Waals surface area contributed by atoms with Crippen LogP contribution < -0.4 is 0 Å². The zero-order valence-electron chi connectivity index (χ0n) is 17.9. The predicted molar refractivity (Wildman–Crippen MR) is 107 cm³/mol. The van der Waals surface area contributed by atoms with Crippen molar-refractivity contribution < 1.29 is 28.6 Å². The Kier molecular flexibility index (Phi) is 4.86. The molecule has 2 bridgehead atoms. The molecule has 3 saturated carbocycles.